The Hall–Kier alpha value is -0.590. The summed E-state index contributed by atoms with van der Waals surface area (Å²) in [6, 6.07) is 0.576. The zero-order valence-corrected chi connectivity index (χ0v) is 4.80. The van der Waals surface area contributed by atoms with Crippen LogP contribution in [0.25, 0.3) is 0 Å². The van der Waals surface area contributed by atoms with E-state index in [-0.39, 0.29) is 0 Å². The molecule has 0 saturated carbocycles. The summed E-state index contributed by atoms with van der Waals surface area (Å²) in [6.07, 6.45) is 8.02. The highest BCUT2D eigenvalue weighted by atomic mass is 14.8. The van der Waals surface area contributed by atoms with Crippen LogP contribution in [-0.2, 0) is 0 Å². The van der Waals surface area contributed by atoms with E-state index in [1.54, 1.807) is 5.57 Å². The predicted molar refractivity (Wildman–Crippen MR) is 34.2 cm³/mol. The van der Waals surface area contributed by atoms with Crippen LogP contribution in [0.1, 0.15) is 19.3 Å². The highest BCUT2D eigenvalue weighted by molar-refractivity contribution is 5.60. The molecular formula is C7H9N. The Morgan fingerprint density at radius 1 is 1.62 bits per heavy atom. The minimum atomic E-state index is 0.576. The molecule has 8 heavy (non-hydrogen) atoms. The Bertz CT molecular complexity index is 156. The average molecular weight is 107 g/mol. The Labute approximate surface area is 49.1 Å². The van der Waals surface area contributed by atoms with Crippen molar-refractivity contribution >= 4 is 6.21 Å². The van der Waals surface area contributed by atoms with Gasteiger partial charge in [0.2, 0.25) is 0 Å². The molecule has 1 nitrogen and oxygen atoms in total. The lowest BCUT2D eigenvalue weighted by atomic mass is 9.92. The first-order valence-electron chi connectivity index (χ1n) is 3.16. The summed E-state index contributed by atoms with van der Waals surface area (Å²) in [5.74, 6) is 0. The molecule has 2 aliphatic heterocycles. The summed E-state index contributed by atoms with van der Waals surface area (Å²) >= 11 is 0. The lowest BCUT2D eigenvalue weighted by molar-refractivity contribution is 0.711. The van der Waals surface area contributed by atoms with Crippen LogP contribution >= 0.6 is 0 Å². The van der Waals surface area contributed by atoms with Gasteiger partial charge in [-0.05, 0) is 25.5 Å². The maximum atomic E-state index is 4.29. The Morgan fingerprint density at radius 2 is 2.50 bits per heavy atom. The molecular weight excluding hydrogens is 98.1 g/mol. The van der Waals surface area contributed by atoms with Crippen molar-refractivity contribution in [3.8, 4) is 0 Å². The fraction of sp³-hybridized carbons (Fsp3) is 0.571. The number of nitrogens with zero attached hydrogens (tertiary/aromatic N) is 1. The van der Waals surface area contributed by atoms with Gasteiger partial charge >= 0.3 is 0 Å². The van der Waals surface area contributed by atoms with Crippen LogP contribution in [0.3, 0.4) is 0 Å². The maximum Gasteiger partial charge on any atom is 0.0715 e. The summed E-state index contributed by atoms with van der Waals surface area (Å²) in [4.78, 5) is 4.29. The third-order valence-electron chi connectivity index (χ3n) is 1.79. The molecule has 1 unspecified atom stereocenters. The molecule has 0 amide bonds. The first-order valence-corrected chi connectivity index (χ1v) is 3.16. The van der Waals surface area contributed by atoms with E-state index in [0.29, 0.717) is 6.04 Å². The zero-order valence-electron chi connectivity index (χ0n) is 4.80. The monoisotopic (exact) mass is 107 g/mol. The van der Waals surface area contributed by atoms with Gasteiger partial charge in [-0.3, -0.25) is 4.99 Å². The summed E-state index contributed by atoms with van der Waals surface area (Å²) in [7, 11) is 0. The van der Waals surface area contributed by atoms with Gasteiger partial charge in [0.15, 0.2) is 0 Å². The van der Waals surface area contributed by atoms with Crippen LogP contribution in [0.2, 0.25) is 0 Å². The van der Waals surface area contributed by atoms with Crippen molar-refractivity contribution in [1.82, 2.24) is 0 Å². The van der Waals surface area contributed by atoms with Crippen molar-refractivity contribution in [1.29, 1.82) is 0 Å². The summed E-state index contributed by atoms with van der Waals surface area (Å²) < 4.78 is 0. The number of aliphatic imine (C=N–C) groups is 1. The smallest absolute Gasteiger partial charge is 0.0715 e. The van der Waals surface area contributed by atoms with E-state index < -0.39 is 0 Å². The first-order chi connectivity index (χ1) is 3.95. The highest BCUT2D eigenvalue weighted by Gasteiger charge is 2.18. The fourth-order valence-corrected chi connectivity index (χ4v) is 1.25. The van der Waals surface area contributed by atoms with Gasteiger partial charge < -0.3 is 0 Å². The number of hydrogen-bond donors (Lipinski definition) is 0. The molecule has 0 spiro atoms. The molecule has 3 aliphatic rings. The molecule has 1 aliphatic carbocycles. The SMILES string of the molecule is C1=NC2C=C(CC1)C2. The second kappa shape index (κ2) is 1.44. The van der Waals surface area contributed by atoms with Crippen LogP contribution < -0.4 is 0 Å². The number of rotatable bonds is 0. The van der Waals surface area contributed by atoms with Gasteiger partial charge in [0, 0.05) is 0 Å². The van der Waals surface area contributed by atoms with Gasteiger partial charge in [-0.15, -0.1) is 0 Å². The molecule has 2 bridgehead atoms. The van der Waals surface area contributed by atoms with Crippen LogP contribution in [-0.4, -0.2) is 12.3 Å². The van der Waals surface area contributed by atoms with Crippen LogP contribution in [0.5, 0.6) is 0 Å². The molecule has 0 radical (unpaired) electrons. The molecule has 0 aromatic rings. The first kappa shape index (κ1) is 4.30. The van der Waals surface area contributed by atoms with Crippen LogP contribution in [0, 0.1) is 0 Å². The maximum absolute atomic E-state index is 4.29. The predicted octanol–water partition coefficient (Wildman–Crippen LogP) is 1.55. The Morgan fingerprint density at radius 3 is 3.38 bits per heavy atom. The van der Waals surface area contributed by atoms with Gasteiger partial charge in [-0.25, -0.2) is 0 Å². The largest absolute Gasteiger partial charge is 0.290 e. The summed E-state index contributed by atoms with van der Waals surface area (Å²) in [6.45, 7) is 0. The third-order valence-corrected chi connectivity index (χ3v) is 1.79. The standard InChI is InChI=1S/C7H9N/c1-2-6-4-7(5-6)8-3-1/h3-4,7H,1-2,5H2. The lowest BCUT2D eigenvalue weighted by Gasteiger charge is -2.17. The molecule has 1 heteroatoms. The van der Waals surface area contributed by atoms with Gasteiger partial charge in [0.25, 0.3) is 0 Å². The van der Waals surface area contributed by atoms with E-state index in [0.717, 1.165) is 0 Å². The topological polar surface area (TPSA) is 12.4 Å². The van der Waals surface area contributed by atoms with E-state index >= 15 is 0 Å². The van der Waals surface area contributed by atoms with E-state index in [1.807, 2.05) is 0 Å². The van der Waals surface area contributed by atoms with E-state index in [9.17, 15) is 0 Å². The second-order valence-electron chi connectivity index (χ2n) is 2.47. The van der Waals surface area contributed by atoms with Gasteiger partial charge in [-0.2, -0.15) is 0 Å². The number of fused-ring (bicyclic) bond motifs is 2. The second-order valence-corrected chi connectivity index (χ2v) is 2.47. The highest BCUT2D eigenvalue weighted by Crippen LogP contribution is 2.27. The van der Waals surface area contributed by atoms with Gasteiger partial charge in [-0.1, -0.05) is 11.6 Å². The molecule has 0 N–H and O–H groups in total. The van der Waals surface area contributed by atoms with Crippen molar-refractivity contribution < 1.29 is 0 Å². The summed E-state index contributed by atoms with van der Waals surface area (Å²) in [5.41, 5.74) is 1.62. The van der Waals surface area contributed by atoms with Crippen molar-refractivity contribution in [2.24, 2.45) is 4.99 Å². The molecule has 0 aromatic carbocycles. The molecule has 0 fully saturated rings. The molecule has 0 saturated heterocycles. The summed E-state index contributed by atoms with van der Waals surface area (Å²) in [5, 5.41) is 0. The minimum Gasteiger partial charge on any atom is -0.290 e. The van der Waals surface area contributed by atoms with Gasteiger partial charge in [0.1, 0.15) is 0 Å². The number of hydrogen-bond acceptors (Lipinski definition) is 1. The van der Waals surface area contributed by atoms with Crippen molar-refractivity contribution in [3.05, 3.63) is 11.6 Å². The Balaban J connectivity index is 2.23. The molecule has 0 aromatic heterocycles. The van der Waals surface area contributed by atoms with E-state index in [1.165, 1.54) is 19.3 Å². The van der Waals surface area contributed by atoms with E-state index in [4.69, 9.17) is 0 Å². The van der Waals surface area contributed by atoms with Crippen molar-refractivity contribution in [2.45, 2.75) is 25.3 Å². The normalized spacial score (nSPS) is 33.0. The quantitative estimate of drug-likeness (QED) is 0.416. The third kappa shape index (κ3) is 0.507. The van der Waals surface area contributed by atoms with Crippen LogP contribution in [0.15, 0.2) is 16.6 Å². The average Bonchev–Trinajstić information content (AvgIpc) is 1.89. The molecule has 42 valence electrons. The molecule has 1 atom stereocenters. The van der Waals surface area contributed by atoms with Gasteiger partial charge in [0.05, 0.1) is 6.04 Å². The van der Waals surface area contributed by atoms with Crippen LogP contribution in [0.4, 0.5) is 0 Å². The molecule has 3 rings (SSSR count). The lowest BCUT2D eigenvalue weighted by Crippen LogP contribution is -2.10. The van der Waals surface area contributed by atoms with Crippen molar-refractivity contribution in [2.75, 3.05) is 0 Å². The fourth-order valence-electron chi connectivity index (χ4n) is 1.25. The minimum absolute atomic E-state index is 0.576. The van der Waals surface area contributed by atoms with E-state index in [2.05, 4.69) is 17.3 Å². The molecule has 2 heterocycles. The zero-order chi connectivity index (χ0) is 5.40. The van der Waals surface area contributed by atoms with Crippen molar-refractivity contribution in [3.63, 3.8) is 0 Å². The Kier molecular flexibility index (Phi) is 0.775.